The minimum Gasteiger partial charge on any atom is -0.459 e. The van der Waals surface area contributed by atoms with Gasteiger partial charge in [-0.2, -0.15) is 0 Å². The molecule has 2 aromatic carbocycles. The second kappa shape index (κ2) is 11.1. The average Bonchev–Trinajstić information content (AvgIpc) is 3.22. The van der Waals surface area contributed by atoms with Crippen molar-refractivity contribution in [3.8, 4) is 0 Å². The number of piperidine rings is 1. The number of cyclic esters (lactones) is 1. The number of likely N-dealkylation sites (tertiary alicyclic amines) is 1. The number of rotatable bonds is 9. The number of nitrogens with one attached hydrogen (secondary N) is 1. The Kier molecular flexibility index (Phi) is 7.76. The fourth-order valence-electron chi connectivity index (χ4n) is 4.16. The maximum atomic E-state index is 12.3. The van der Waals surface area contributed by atoms with Crippen LogP contribution in [0, 0.1) is 5.41 Å². The van der Waals surface area contributed by atoms with E-state index in [-0.39, 0.29) is 43.3 Å². The molecule has 1 amide bonds. The topological polar surface area (TPSA) is 118 Å². The van der Waals surface area contributed by atoms with Gasteiger partial charge >= 0.3 is 12.1 Å². The summed E-state index contributed by atoms with van der Waals surface area (Å²) in [5.41, 5.74) is 7.78. The molecule has 4 rings (SSSR count). The summed E-state index contributed by atoms with van der Waals surface area (Å²) in [6.45, 7) is 2.95. The van der Waals surface area contributed by atoms with Crippen molar-refractivity contribution in [1.82, 2.24) is 4.90 Å². The van der Waals surface area contributed by atoms with Crippen molar-refractivity contribution >= 4 is 23.6 Å². The van der Waals surface area contributed by atoms with Gasteiger partial charge in [0.2, 0.25) is 0 Å². The number of carbonyl (C=O) groups excluding carboxylic acids is 2. The molecule has 2 aromatic rings. The summed E-state index contributed by atoms with van der Waals surface area (Å²) < 4.78 is 16.6. The third kappa shape index (κ3) is 6.33. The van der Waals surface area contributed by atoms with E-state index < -0.39 is 0 Å². The molecule has 34 heavy (non-hydrogen) atoms. The number of nitrogens with two attached hydrogens (primary N) is 1. The lowest BCUT2D eigenvalue weighted by molar-refractivity contribution is -0.153. The largest absolute Gasteiger partial charge is 0.459 e. The minimum absolute atomic E-state index is 0.00937. The lowest BCUT2D eigenvalue weighted by Gasteiger charge is -2.32. The Hall–Kier alpha value is -3.43. The first-order valence-corrected chi connectivity index (χ1v) is 11.4. The number of hydrogen-bond acceptors (Lipinski definition) is 7. The van der Waals surface area contributed by atoms with Crippen molar-refractivity contribution in [2.24, 2.45) is 5.73 Å². The zero-order valence-electron chi connectivity index (χ0n) is 19.0. The summed E-state index contributed by atoms with van der Waals surface area (Å²) in [5, 5.41) is 7.48. The number of benzene rings is 2. The van der Waals surface area contributed by atoms with Crippen molar-refractivity contribution < 1.29 is 23.8 Å². The normalized spacial score (nSPS) is 19.1. The Morgan fingerprint density at radius 1 is 1.09 bits per heavy atom. The molecule has 0 radical (unpaired) electrons. The number of nitrogens with zero attached hydrogens (tertiary/aromatic N) is 2. The number of amidine groups is 1. The standard InChI is InChI=1S/C25H30N4O5/c26-24(27)19-6-8-20(9-7-19)29-15-22(34-25(29)31)14-28-12-10-21(11-13-28)32-17-23(30)33-16-18-4-2-1-3-5-18/h1-9,21-22H,10-17H2,(H3,26,27). The predicted molar refractivity (Wildman–Crippen MR) is 127 cm³/mol. The van der Waals surface area contributed by atoms with Crippen LogP contribution in [0.3, 0.4) is 0 Å². The molecule has 1 atom stereocenters. The van der Waals surface area contributed by atoms with E-state index in [1.807, 2.05) is 30.3 Å². The van der Waals surface area contributed by atoms with Gasteiger partial charge in [0.05, 0.1) is 12.6 Å². The van der Waals surface area contributed by atoms with Crippen molar-refractivity contribution in [3.05, 3.63) is 65.7 Å². The van der Waals surface area contributed by atoms with Crippen LogP contribution in [0.15, 0.2) is 54.6 Å². The number of nitrogen functional groups attached to an aromatic ring is 1. The second-order valence-corrected chi connectivity index (χ2v) is 8.53. The SMILES string of the molecule is N=C(N)c1ccc(N2CC(CN3CCC(OCC(=O)OCc4ccccc4)CC3)OC2=O)cc1. The highest BCUT2D eigenvalue weighted by molar-refractivity contribution is 5.96. The lowest BCUT2D eigenvalue weighted by Crippen LogP contribution is -2.42. The molecule has 2 heterocycles. The van der Waals surface area contributed by atoms with Crippen LogP contribution in [0.5, 0.6) is 0 Å². The number of esters is 1. The predicted octanol–water partition coefficient (Wildman–Crippen LogP) is 2.52. The monoisotopic (exact) mass is 466 g/mol. The summed E-state index contributed by atoms with van der Waals surface area (Å²) in [6.07, 6.45) is 1.05. The molecule has 9 nitrogen and oxygen atoms in total. The number of ether oxygens (including phenoxy) is 3. The van der Waals surface area contributed by atoms with Gasteiger partial charge in [0.25, 0.3) is 0 Å². The van der Waals surface area contributed by atoms with Gasteiger partial charge in [-0.25, -0.2) is 9.59 Å². The molecule has 3 N–H and O–H groups in total. The van der Waals surface area contributed by atoms with Gasteiger partial charge in [0, 0.05) is 30.9 Å². The molecule has 0 aliphatic carbocycles. The van der Waals surface area contributed by atoms with Crippen molar-refractivity contribution in [2.45, 2.75) is 31.7 Å². The molecular formula is C25H30N4O5. The fourth-order valence-corrected chi connectivity index (χ4v) is 4.16. The molecule has 9 heteroatoms. The first-order chi connectivity index (χ1) is 16.5. The molecule has 0 bridgehead atoms. The van der Waals surface area contributed by atoms with Crippen LogP contribution >= 0.6 is 0 Å². The Morgan fingerprint density at radius 2 is 1.79 bits per heavy atom. The fraction of sp³-hybridized carbons (Fsp3) is 0.400. The molecule has 0 aromatic heterocycles. The molecule has 2 fully saturated rings. The average molecular weight is 467 g/mol. The molecule has 1 unspecified atom stereocenters. The summed E-state index contributed by atoms with van der Waals surface area (Å²) >= 11 is 0. The number of anilines is 1. The van der Waals surface area contributed by atoms with E-state index in [1.165, 1.54) is 0 Å². The van der Waals surface area contributed by atoms with Crippen LogP contribution < -0.4 is 10.6 Å². The van der Waals surface area contributed by atoms with Crippen LogP contribution in [-0.4, -0.2) is 67.8 Å². The van der Waals surface area contributed by atoms with Crippen LogP contribution in [0.2, 0.25) is 0 Å². The molecule has 0 saturated carbocycles. The van der Waals surface area contributed by atoms with Crippen molar-refractivity contribution in [2.75, 3.05) is 37.7 Å². The highest BCUT2D eigenvalue weighted by Gasteiger charge is 2.34. The Bertz CT molecular complexity index is 990. The summed E-state index contributed by atoms with van der Waals surface area (Å²) in [4.78, 5) is 28.2. The molecule has 2 aliphatic heterocycles. The highest BCUT2D eigenvalue weighted by atomic mass is 16.6. The van der Waals surface area contributed by atoms with Crippen molar-refractivity contribution in [3.63, 3.8) is 0 Å². The van der Waals surface area contributed by atoms with Crippen molar-refractivity contribution in [1.29, 1.82) is 5.41 Å². The summed E-state index contributed by atoms with van der Waals surface area (Å²) in [6, 6.07) is 16.5. The minimum atomic E-state index is -0.368. The quantitative estimate of drug-likeness (QED) is 0.331. The van der Waals surface area contributed by atoms with E-state index in [0.29, 0.717) is 18.7 Å². The van der Waals surface area contributed by atoms with Crippen LogP contribution in [0.1, 0.15) is 24.0 Å². The maximum Gasteiger partial charge on any atom is 0.414 e. The number of hydrogen-bond donors (Lipinski definition) is 2. The number of carbonyl (C=O) groups is 2. The van der Waals surface area contributed by atoms with Crippen LogP contribution in [0.25, 0.3) is 0 Å². The van der Waals surface area contributed by atoms with Gasteiger partial charge in [-0.15, -0.1) is 0 Å². The van der Waals surface area contributed by atoms with E-state index >= 15 is 0 Å². The second-order valence-electron chi connectivity index (χ2n) is 8.53. The third-order valence-electron chi connectivity index (χ3n) is 6.04. The molecule has 0 spiro atoms. The Balaban J connectivity index is 1.15. The van der Waals surface area contributed by atoms with E-state index in [1.54, 1.807) is 29.2 Å². The Labute approximate surface area is 198 Å². The van der Waals surface area contributed by atoms with E-state index in [0.717, 1.165) is 37.2 Å². The van der Waals surface area contributed by atoms with Gasteiger partial charge in [-0.05, 0) is 42.7 Å². The van der Waals surface area contributed by atoms with Gasteiger partial charge in [-0.3, -0.25) is 15.2 Å². The van der Waals surface area contributed by atoms with Gasteiger partial charge in [0.1, 0.15) is 25.2 Å². The van der Waals surface area contributed by atoms with E-state index in [4.69, 9.17) is 25.4 Å². The molecule has 2 saturated heterocycles. The Morgan fingerprint density at radius 3 is 2.47 bits per heavy atom. The van der Waals surface area contributed by atoms with Gasteiger partial charge in [-0.1, -0.05) is 30.3 Å². The van der Waals surface area contributed by atoms with Crippen LogP contribution in [0.4, 0.5) is 10.5 Å². The zero-order valence-corrected chi connectivity index (χ0v) is 19.0. The smallest absolute Gasteiger partial charge is 0.414 e. The third-order valence-corrected chi connectivity index (χ3v) is 6.04. The zero-order chi connectivity index (χ0) is 23.9. The maximum absolute atomic E-state index is 12.3. The van der Waals surface area contributed by atoms with Crippen LogP contribution in [-0.2, 0) is 25.6 Å². The molecular weight excluding hydrogens is 436 g/mol. The number of amides is 1. The first kappa shape index (κ1) is 23.7. The first-order valence-electron chi connectivity index (χ1n) is 11.4. The van der Waals surface area contributed by atoms with E-state index in [2.05, 4.69) is 4.90 Å². The summed E-state index contributed by atoms with van der Waals surface area (Å²) in [7, 11) is 0. The highest BCUT2D eigenvalue weighted by Crippen LogP contribution is 2.23. The van der Waals surface area contributed by atoms with Gasteiger partial charge < -0.3 is 19.9 Å². The molecule has 180 valence electrons. The molecule has 2 aliphatic rings. The summed E-state index contributed by atoms with van der Waals surface area (Å²) in [5.74, 6) is -0.370. The van der Waals surface area contributed by atoms with Gasteiger partial charge in [0.15, 0.2) is 0 Å². The van der Waals surface area contributed by atoms with E-state index in [9.17, 15) is 9.59 Å². The lowest BCUT2D eigenvalue weighted by atomic mass is 10.1.